The lowest BCUT2D eigenvalue weighted by Crippen LogP contribution is -2.48. The van der Waals surface area contributed by atoms with Crippen molar-refractivity contribution in [3.63, 3.8) is 0 Å². The number of imide groups is 2. The minimum atomic E-state index is -1.41. The summed E-state index contributed by atoms with van der Waals surface area (Å²) in [4.78, 5) is 62.1. The van der Waals surface area contributed by atoms with E-state index in [4.69, 9.17) is 21.1 Å². The number of fused-ring (bicyclic) bond motifs is 4. The van der Waals surface area contributed by atoms with Crippen molar-refractivity contribution in [1.29, 1.82) is 0 Å². The van der Waals surface area contributed by atoms with E-state index in [0.29, 0.717) is 24.5 Å². The van der Waals surface area contributed by atoms with Crippen LogP contribution < -0.4 is 19.4 Å². The van der Waals surface area contributed by atoms with E-state index in [1.165, 1.54) is 17.0 Å². The Morgan fingerprint density at radius 3 is 2.33 bits per heavy atom. The number of carbonyl (C=O) groups excluding carboxylic acids is 4. The monoisotopic (exact) mass is 713 g/mol. The molecule has 6 atom stereocenters. The van der Waals surface area contributed by atoms with Crippen LogP contribution in [0.1, 0.15) is 38.2 Å². The summed E-state index contributed by atoms with van der Waals surface area (Å²) >= 11 is 6.11. The van der Waals surface area contributed by atoms with E-state index in [9.17, 15) is 28.7 Å². The summed E-state index contributed by atoms with van der Waals surface area (Å²) in [5, 5.41) is 11.4. The lowest BCUT2D eigenvalue weighted by Gasteiger charge is -2.49. The third-order valence-corrected chi connectivity index (χ3v) is 11.9. The largest absolute Gasteiger partial charge is 0.504 e. The molecule has 1 saturated carbocycles. The van der Waals surface area contributed by atoms with Crippen LogP contribution in [-0.2, 0) is 23.9 Å². The number of anilines is 3. The van der Waals surface area contributed by atoms with Crippen molar-refractivity contribution in [3.8, 4) is 11.5 Å². The van der Waals surface area contributed by atoms with Crippen molar-refractivity contribution in [2.24, 2.45) is 29.1 Å². The Balaban J connectivity index is 1.21. The molecule has 264 valence electrons. The van der Waals surface area contributed by atoms with E-state index in [-0.39, 0.29) is 53.5 Å². The topological polar surface area (TPSA) is 117 Å². The van der Waals surface area contributed by atoms with Crippen LogP contribution >= 0.6 is 11.6 Å². The molecule has 10 nitrogen and oxygen atoms in total. The number of hydrogen-bond acceptors (Lipinski definition) is 8. The zero-order valence-electron chi connectivity index (χ0n) is 28.2. The third kappa shape index (κ3) is 4.99. The lowest BCUT2D eigenvalue weighted by molar-refractivity contribution is -0.131. The SMILES string of the molecule is CCOc1cccc([C@H]2C3=CC[C@@H]4C(=O)N(c5ccc(N6CCOCC6)cc5)C(=O)[C@@H]4[C@@H]3C[C@H]3C(=O)N(c4ccc(F)c(Cl)c4)C(=O)[C@@]23C)c1O. The molecule has 0 aromatic heterocycles. The molecule has 0 spiro atoms. The van der Waals surface area contributed by atoms with Gasteiger partial charge >= 0.3 is 0 Å². The van der Waals surface area contributed by atoms with Crippen LogP contribution in [0, 0.1) is 34.9 Å². The second-order valence-electron chi connectivity index (χ2n) is 14.0. The van der Waals surface area contributed by atoms with Gasteiger partial charge in [0.25, 0.3) is 0 Å². The molecule has 3 aromatic carbocycles. The molecule has 3 aliphatic heterocycles. The first-order valence-electron chi connectivity index (χ1n) is 17.3. The van der Waals surface area contributed by atoms with Crippen molar-refractivity contribution < 1.29 is 38.1 Å². The smallest absolute Gasteiger partial charge is 0.241 e. The van der Waals surface area contributed by atoms with Gasteiger partial charge in [0.15, 0.2) is 11.5 Å². The summed E-state index contributed by atoms with van der Waals surface area (Å²) in [6.07, 6.45) is 2.31. The number of rotatable bonds is 6. The Hall–Kier alpha value is -4.74. The van der Waals surface area contributed by atoms with Crippen molar-refractivity contribution >= 4 is 52.3 Å². The van der Waals surface area contributed by atoms with Gasteiger partial charge in [-0.1, -0.05) is 35.4 Å². The summed E-state index contributed by atoms with van der Waals surface area (Å²) in [5.74, 6) is -6.10. The molecule has 0 radical (unpaired) electrons. The molecule has 2 aliphatic carbocycles. The predicted molar refractivity (Wildman–Crippen MR) is 187 cm³/mol. The molecule has 3 aromatic rings. The highest BCUT2D eigenvalue weighted by Gasteiger charge is 2.68. The zero-order chi connectivity index (χ0) is 35.8. The molecule has 4 fully saturated rings. The number of phenolic OH excluding ortho intramolecular Hbond substituents is 1. The highest BCUT2D eigenvalue weighted by atomic mass is 35.5. The van der Waals surface area contributed by atoms with Crippen LogP contribution in [0.5, 0.6) is 11.5 Å². The first kappa shape index (κ1) is 33.4. The van der Waals surface area contributed by atoms with E-state index in [1.807, 2.05) is 18.2 Å². The molecule has 4 amide bonds. The number of phenols is 1. The van der Waals surface area contributed by atoms with Crippen molar-refractivity contribution in [1.82, 2.24) is 0 Å². The average molecular weight is 714 g/mol. The summed E-state index contributed by atoms with van der Waals surface area (Å²) in [6.45, 7) is 6.54. The molecule has 0 bridgehead atoms. The fraction of sp³-hybridized carbons (Fsp3) is 0.385. The molecule has 8 rings (SSSR count). The lowest BCUT2D eigenvalue weighted by atomic mass is 9.51. The number of para-hydroxylation sites is 1. The van der Waals surface area contributed by atoms with E-state index < -0.39 is 52.6 Å². The van der Waals surface area contributed by atoms with Crippen molar-refractivity contribution in [3.05, 3.63) is 88.7 Å². The maximum atomic E-state index is 14.7. The van der Waals surface area contributed by atoms with Gasteiger partial charge in [-0.25, -0.2) is 9.29 Å². The number of aromatic hydroxyl groups is 1. The number of morpholine rings is 1. The van der Waals surface area contributed by atoms with Crippen LogP contribution in [0.15, 0.2) is 72.3 Å². The summed E-state index contributed by atoms with van der Waals surface area (Å²) in [5.41, 5.74) is 1.29. The molecular formula is C39H37ClFN3O7. The number of hydrogen-bond donors (Lipinski definition) is 1. The van der Waals surface area contributed by atoms with Crippen LogP contribution in [0.4, 0.5) is 21.5 Å². The van der Waals surface area contributed by atoms with Crippen molar-refractivity contribution in [2.75, 3.05) is 47.6 Å². The molecule has 3 heterocycles. The normalized spacial score (nSPS) is 28.8. The van der Waals surface area contributed by atoms with Gasteiger partial charge in [0.2, 0.25) is 23.6 Å². The maximum Gasteiger partial charge on any atom is 0.241 e. The molecular weight excluding hydrogens is 677 g/mol. The Morgan fingerprint density at radius 1 is 0.922 bits per heavy atom. The Kier molecular flexibility index (Phi) is 8.18. The van der Waals surface area contributed by atoms with Crippen LogP contribution in [0.25, 0.3) is 0 Å². The van der Waals surface area contributed by atoms with Crippen LogP contribution in [0.3, 0.4) is 0 Å². The van der Waals surface area contributed by atoms with Gasteiger partial charge in [-0.3, -0.25) is 24.1 Å². The number of amides is 4. The zero-order valence-corrected chi connectivity index (χ0v) is 28.9. The second kappa shape index (κ2) is 12.5. The van der Waals surface area contributed by atoms with Gasteiger partial charge in [0.05, 0.1) is 59.4 Å². The standard InChI is InChI=1S/C39H37ClFN3O7/c1-3-51-31-6-4-5-26(34(31)45)33-24-12-13-25-32(37(48)43(35(25)46)22-9-7-21(8-10-22)42-15-17-50-18-16-42)27(24)20-28-36(47)44(38(49)39(28,33)2)23-11-14-30(41)29(40)19-23/h4-12,14,19,25,27-28,32-33,45H,3,13,15-18,20H2,1-2H3/t25-,27+,28-,32-,33+,39+/m0/s1. The summed E-state index contributed by atoms with van der Waals surface area (Å²) < 4.78 is 25.4. The van der Waals surface area contributed by atoms with Gasteiger partial charge in [-0.2, -0.15) is 0 Å². The molecule has 0 unspecified atom stereocenters. The van der Waals surface area contributed by atoms with E-state index >= 15 is 0 Å². The van der Waals surface area contributed by atoms with E-state index in [1.54, 1.807) is 44.2 Å². The third-order valence-electron chi connectivity index (χ3n) is 11.6. The van der Waals surface area contributed by atoms with Gasteiger partial charge in [-0.05, 0) is 81.1 Å². The number of nitrogens with zero attached hydrogens (tertiary/aromatic N) is 3. The average Bonchev–Trinajstić information content (AvgIpc) is 3.50. The van der Waals surface area contributed by atoms with E-state index in [2.05, 4.69) is 4.90 Å². The molecule has 1 N–H and O–H groups in total. The fourth-order valence-electron chi connectivity index (χ4n) is 9.16. The highest BCUT2D eigenvalue weighted by Crippen LogP contribution is 2.65. The molecule has 51 heavy (non-hydrogen) atoms. The number of halogens is 2. The number of carbonyl (C=O) groups is 4. The van der Waals surface area contributed by atoms with Gasteiger partial charge in [0, 0.05) is 30.3 Å². The first-order chi connectivity index (χ1) is 24.6. The molecule has 3 saturated heterocycles. The first-order valence-corrected chi connectivity index (χ1v) is 17.7. The molecule has 12 heteroatoms. The minimum Gasteiger partial charge on any atom is -0.504 e. The molecule has 5 aliphatic rings. The van der Waals surface area contributed by atoms with E-state index in [0.717, 1.165) is 35.3 Å². The Bertz CT molecular complexity index is 2000. The van der Waals surface area contributed by atoms with Gasteiger partial charge in [0.1, 0.15) is 5.82 Å². The van der Waals surface area contributed by atoms with Crippen LogP contribution in [-0.4, -0.2) is 61.6 Å². The Labute approximate surface area is 299 Å². The van der Waals surface area contributed by atoms with Gasteiger partial charge < -0.3 is 19.5 Å². The summed E-state index contributed by atoms with van der Waals surface area (Å²) in [7, 11) is 0. The fourth-order valence-corrected chi connectivity index (χ4v) is 9.34. The number of benzene rings is 3. The summed E-state index contributed by atoms with van der Waals surface area (Å²) in [6, 6.07) is 16.1. The predicted octanol–water partition coefficient (Wildman–Crippen LogP) is 5.86. The quantitative estimate of drug-likeness (QED) is 0.250. The number of allylic oxidation sites excluding steroid dienone is 2. The van der Waals surface area contributed by atoms with Crippen molar-refractivity contribution in [2.45, 2.75) is 32.6 Å². The van der Waals surface area contributed by atoms with Gasteiger partial charge in [-0.15, -0.1) is 0 Å². The second-order valence-corrected chi connectivity index (χ2v) is 14.4. The number of ether oxygens (including phenoxy) is 2. The maximum absolute atomic E-state index is 14.7. The Morgan fingerprint density at radius 2 is 1.63 bits per heavy atom. The minimum absolute atomic E-state index is 0.130. The van der Waals surface area contributed by atoms with Crippen LogP contribution in [0.2, 0.25) is 5.02 Å². The highest BCUT2D eigenvalue weighted by molar-refractivity contribution is 6.32.